The molecule has 0 radical (unpaired) electrons. The maximum atomic E-state index is 3.79. The third kappa shape index (κ3) is 2.93. The molecular formula is C37H27N. The van der Waals surface area contributed by atoms with Crippen LogP contribution in [0.1, 0.15) is 25.0 Å². The van der Waals surface area contributed by atoms with Crippen molar-refractivity contribution in [3.8, 4) is 44.5 Å². The molecule has 0 saturated heterocycles. The van der Waals surface area contributed by atoms with Crippen LogP contribution in [0.5, 0.6) is 0 Å². The number of fused-ring (bicyclic) bond motifs is 6. The van der Waals surface area contributed by atoms with Gasteiger partial charge in [0.25, 0.3) is 0 Å². The monoisotopic (exact) mass is 485 g/mol. The second-order valence-corrected chi connectivity index (χ2v) is 11.1. The molecule has 8 rings (SSSR count). The van der Waals surface area contributed by atoms with Gasteiger partial charge in [0.2, 0.25) is 0 Å². The molecule has 0 aliphatic heterocycles. The zero-order chi connectivity index (χ0) is 25.4. The number of rotatable bonds is 3. The SMILES string of the molecule is CC1(C)c2cc(Nc3ccc4c5c(cccc35)-c3ccccc3-4)ccc2-c2ccc(-c3ccccc3)cc21. The van der Waals surface area contributed by atoms with E-state index in [1.54, 1.807) is 0 Å². The third-order valence-electron chi connectivity index (χ3n) is 8.61. The molecular weight excluding hydrogens is 458 g/mol. The fraction of sp³-hybridized carbons (Fsp3) is 0.0811. The Morgan fingerprint density at radius 2 is 1.11 bits per heavy atom. The fourth-order valence-corrected chi connectivity index (χ4v) is 6.70. The highest BCUT2D eigenvalue weighted by atomic mass is 14.9. The van der Waals surface area contributed by atoms with Crippen molar-refractivity contribution in [2.75, 3.05) is 5.32 Å². The summed E-state index contributed by atoms with van der Waals surface area (Å²) in [4.78, 5) is 0. The van der Waals surface area contributed by atoms with Crippen LogP contribution < -0.4 is 5.32 Å². The highest BCUT2D eigenvalue weighted by Gasteiger charge is 2.36. The van der Waals surface area contributed by atoms with Gasteiger partial charge in [-0.2, -0.15) is 0 Å². The first kappa shape index (κ1) is 21.5. The molecule has 0 atom stereocenters. The lowest BCUT2D eigenvalue weighted by atomic mass is 9.81. The molecule has 0 unspecified atom stereocenters. The summed E-state index contributed by atoms with van der Waals surface area (Å²) >= 11 is 0. The minimum absolute atomic E-state index is 0.0726. The molecule has 0 fully saturated rings. The topological polar surface area (TPSA) is 12.0 Å². The second kappa shape index (κ2) is 7.69. The zero-order valence-electron chi connectivity index (χ0n) is 21.5. The largest absolute Gasteiger partial charge is 0.355 e. The average molecular weight is 486 g/mol. The van der Waals surface area contributed by atoms with Crippen molar-refractivity contribution in [1.82, 2.24) is 0 Å². The average Bonchev–Trinajstić information content (AvgIpc) is 3.40. The van der Waals surface area contributed by atoms with Crippen LogP contribution in [0.2, 0.25) is 0 Å². The van der Waals surface area contributed by atoms with Crippen molar-refractivity contribution in [3.63, 3.8) is 0 Å². The van der Waals surface area contributed by atoms with Crippen molar-refractivity contribution in [2.45, 2.75) is 19.3 Å². The second-order valence-electron chi connectivity index (χ2n) is 11.1. The molecule has 0 aromatic heterocycles. The van der Waals surface area contributed by atoms with Gasteiger partial charge in [-0.3, -0.25) is 0 Å². The van der Waals surface area contributed by atoms with Gasteiger partial charge in [0, 0.05) is 22.2 Å². The molecule has 38 heavy (non-hydrogen) atoms. The molecule has 0 heterocycles. The number of nitrogens with one attached hydrogen (secondary N) is 1. The van der Waals surface area contributed by atoms with Gasteiger partial charge in [0.15, 0.2) is 0 Å². The summed E-state index contributed by atoms with van der Waals surface area (Å²) in [6.07, 6.45) is 0. The van der Waals surface area contributed by atoms with Gasteiger partial charge in [-0.25, -0.2) is 0 Å². The van der Waals surface area contributed by atoms with Crippen molar-refractivity contribution in [1.29, 1.82) is 0 Å². The summed E-state index contributed by atoms with van der Waals surface area (Å²) in [6, 6.07) is 44.4. The van der Waals surface area contributed by atoms with E-state index >= 15 is 0 Å². The Kier molecular flexibility index (Phi) is 4.35. The molecule has 180 valence electrons. The van der Waals surface area contributed by atoms with E-state index in [1.807, 2.05) is 0 Å². The van der Waals surface area contributed by atoms with Gasteiger partial charge >= 0.3 is 0 Å². The number of hydrogen-bond acceptors (Lipinski definition) is 1. The summed E-state index contributed by atoms with van der Waals surface area (Å²) in [5.41, 5.74) is 15.5. The Hall–Kier alpha value is -4.62. The molecule has 6 aromatic carbocycles. The summed E-state index contributed by atoms with van der Waals surface area (Å²) in [6.45, 7) is 4.71. The summed E-state index contributed by atoms with van der Waals surface area (Å²) in [7, 11) is 0. The zero-order valence-corrected chi connectivity index (χ0v) is 21.5. The van der Waals surface area contributed by atoms with Crippen molar-refractivity contribution in [3.05, 3.63) is 132 Å². The molecule has 0 saturated carbocycles. The Balaban J connectivity index is 1.20. The number of hydrogen-bond donors (Lipinski definition) is 1. The van der Waals surface area contributed by atoms with E-state index in [0.717, 1.165) is 11.4 Å². The molecule has 1 N–H and O–H groups in total. The van der Waals surface area contributed by atoms with Gasteiger partial charge in [0.05, 0.1) is 0 Å². The lowest BCUT2D eigenvalue weighted by molar-refractivity contribution is 0.661. The number of anilines is 2. The van der Waals surface area contributed by atoms with E-state index in [0.29, 0.717) is 0 Å². The Morgan fingerprint density at radius 3 is 1.89 bits per heavy atom. The predicted octanol–water partition coefficient (Wildman–Crippen LogP) is 10.2. The summed E-state index contributed by atoms with van der Waals surface area (Å²) < 4.78 is 0. The molecule has 6 aromatic rings. The smallest absolute Gasteiger partial charge is 0.0464 e. The van der Waals surface area contributed by atoms with Gasteiger partial charge in [-0.05, 0) is 85.3 Å². The quantitative estimate of drug-likeness (QED) is 0.262. The molecule has 0 amide bonds. The third-order valence-corrected chi connectivity index (χ3v) is 8.61. The van der Waals surface area contributed by atoms with Gasteiger partial charge in [0.1, 0.15) is 0 Å². The summed E-state index contributed by atoms with van der Waals surface area (Å²) in [5, 5.41) is 6.41. The maximum absolute atomic E-state index is 3.79. The van der Waals surface area contributed by atoms with Crippen molar-refractivity contribution < 1.29 is 0 Å². The van der Waals surface area contributed by atoms with E-state index in [2.05, 4.69) is 140 Å². The normalized spacial score (nSPS) is 13.7. The van der Waals surface area contributed by atoms with Gasteiger partial charge in [-0.15, -0.1) is 0 Å². The van der Waals surface area contributed by atoms with E-state index in [-0.39, 0.29) is 5.41 Å². The van der Waals surface area contributed by atoms with Crippen molar-refractivity contribution in [2.24, 2.45) is 0 Å². The number of benzene rings is 6. The van der Waals surface area contributed by atoms with Gasteiger partial charge < -0.3 is 5.32 Å². The van der Waals surface area contributed by atoms with Gasteiger partial charge in [-0.1, -0.05) is 111 Å². The molecule has 0 spiro atoms. The molecule has 1 nitrogen and oxygen atoms in total. The highest BCUT2D eigenvalue weighted by Crippen LogP contribution is 2.52. The Bertz CT molecular complexity index is 1880. The first-order chi connectivity index (χ1) is 18.6. The maximum Gasteiger partial charge on any atom is 0.0464 e. The van der Waals surface area contributed by atoms with Crippen LogP contribution in [0.4, 0.5) is 11.4 Å². The fourth-order valence-electron chi connectivity index (χ4n) is 6.70. The van der Waals surface area contributed by atoms with Crippen LogP contribution in [-0.2, 0) is 5.41 Å². The molecule has 1 heteroatoms. The molecule has 2 aliphatic carbocycles. The van der Waals surface area contributed by atoms with Crippen LogP contribution in [0.25, 0.3) is 55.3 Å². The predicted molar refractivity (Wildman–Crippen MR) is 161 cm³/mol. The lowest BCUT2D eigenvalue weighted by Gasteiger charge is -2.23. The highest BCUT2D eigenvalue weighted by molar-refractivity contribution is 6.18. The molecule has 0 bridgehead atoms. The van der Waals surface area contributed by atoms with Crippen LogP contribution in [0.3, 0.4) is 0 Å². The first-order valence-corrected chi connectivity index (χ1v) is 13.4. The Labute approximate surface area is 223 Å². The van der Waals surface area contributed by atoms with E-state index in [1.165, 1.54) is 66.4 Å². The standard InChI is InChI=1S/C37H27N/c1-37(2)33-21-24(23-9-4-3-5-10-23)15-17-28(33)29-18-16-25(22-34(29)37)38-35-20-19-31-27-12-7-6-11-26(27)30-13-8-14-32(35)36(30)31/h3-22,38H,1-2H3. The first-order valence-electron chi connectivity index (χ1n) is 13.4. The van der Waals surface area contributed by atoms with Crippen LogP contribution >= 0.6 is 0 Å². The van der Waals surface area contributed by atoms with E-state index in [9.17, 15) is 0 Å². The minimum atomic E-state index is -0.0726. The van der Waals surface area contributed by atoms with Crippen LogP contribution in [0, 0.1) is 0 Å². The van der Waals surface area contributed by atoms with E-state index in [4.69, 9.17) is 0 Å². The van der Waals surface area contributed by atoms with Crippen LogP contribution in [-0.4, -0.2) is 0 Å². The molecule has 2 aliphatic rings. The summed E-state index contributed by atoms with van der Waals surface area (Å²) in [5.74, 6) is 0. The minimum Gasteiger partial charge on any atom is -0.355 e. The van der Waals surface area contributed by atoms with Crippen LogP contribution in [0.15, 0.2) is 121 Å². The van der Waals surface area contributed by atoms with Crippen molar-refractivity contribution >= 4 is 22.1 Å². The Morgan fingerprint density at radius 1 is 0.474 bits per heavy atom. The lowest BCUT2D eigenvalue weighted by Crippen LogP contribution is -2.15. The van der Waals surface area contributed by atoms with E-state index < -0.39 is 0 Å².